The molecule has 0 aliphatic heterocycles. The summed E-state index contributed by atoms with van der Waals surface area (Å²) in [5, 5.41) is 2.19. The fourth-order valence-electron chi connectivity index (χ4n) is 0.251. The van der Waals surface area contributed by atoms with Crippen LogP contribution in [0.5, 0.6) is 0 Å². The summed E-state index contributed by atoms with van der Waals surface area (Å²) in [7, 11) is 0. The predicted molar refractivity (Wildman–Crippen MR) is 37.5 cm³/mol. The molecule has 50 valence electrons. The molecular formula is C6H9FN2. The van der Waals surface area contributed by atoms with Crippen LogP contribution in [0, 0.1) is 0 Å². The van der Waals surface area contributed by atoms with Gasteiger partial charge in [-0.2, -0.15) is 0 Å². The van der Waals surface area contributed by atoms with Gasteiger partial charge in [0.05, 0.1) is 0 Å². The van der Waals surface area contributed by atoms with Crippen LogP contribution >= 0.6 is 0 Å². The van der Waals surface area contributed by atoms with Crippen molar-refractivity contribution in [1.29, 1.82) is 0 Å². The fourth-order valence-corrected chi connectivity index (χ4v) is 0.251. The predicted octanol–water partition coefficient (Wildman–Crippen LogP) is 1.94. The second-order valence-corrected chi connectivity index (χ2v) is 1.52. The zero-order valence-corrected chi connectivity index (χ0v) is 5.50. The average molecular weight is 128 g/mol. The lowest BCUT2D eigenvalue weighted by molar-refractivity contribution is 0.540. The molecule has 0 unspecified atom stereocenters. The Balaban J connectivity index is 3.71. The molecule has 9 heavy (non-hydrogen) atoms. The van der Waals surface area contributed by atoms with Gasteiger partial charge >= 0.3 is 0 Å². The van der Waals surface area contributed by atoms with Crippen LogP contribution in [0.15, 0.2) is 21.9 Å². The van der Waals surface area contributed by atoms with E-state index in [2.05, 4.69) is 10.2 Å². The summed E-state index contributed by atoms with van der Waals surface area (Å²) in [6.07, 6.45) is 4.26. The van der Waals surface area contributed by atoms with Gasteiger partial charge in [0.1, 0.15) is 6.34 Å². The van der Waals surface area contributed by atoms with Crippen LogP contribution in [0.4, 0.5) is 4.48 Å². The molecule has 0 fully saturated rings. The van der Waals surface area contributed by atoms with Gasteiger partial charge in [-0.15, -0.1) is 0 Å². The minimum Gasteiger partial charge on any atom is -0.242 e. The number of allylic oxidation sites excluding steroid dienone is 2. The molecule has 0 N–H and O–H groups in total. The van der Waals surface area contributed by atoms with Crippen molar-refractivity contribution >= 4 is 12.6 Å². The van der Waals surface area contributed by atoms with Crippen molar-refractivity contribution in [3.63, 3.8) is 0 Å². The maximum atomic E-state index is 11.0. The third-order valence-electron chi connectivity index (χ3n) is 0.844. The number of rotatable bonds is 2. The van der Waals surface area contributed by atoms with Crippen molar-refractivity contribution in [2.75, 3.05) is 0 Å². The van der Waals surface area contributed by atoms with Crippen LogP contribution in [-0.2, 0) is 0 Å². The minimum atomic E-state index is 0.854. The van der Waals surface area contributed by atoms with Crippen molar-refractivity contribution in [3.8, 4) is 0 Å². The summed E-state index contributed by atoms with van der Waals surface area (Å²) in [5.74, 6) is 0. The van der Waals surface area contributed by atoms with Crippen LogP contribution < -0.4 is 0 Å². The lowest BCUT2D eigenvalue weighted by Crippen LogP contribution is -1.75. The first-order valence-corrected chi connectivity index (χ1v) is 2.60. The van der Waals surface area contributed by atoms with Gasteiger partial charge in [0.15, 0.2) is 0 Å². The maximum Gasteiger partial charge on any atom is 0.148 e. The van der Waals surface area contributed by atoms with Crippen molar-refractivity contribution in [2.24, 2.45) is 10.2 Å². The number of aliphatic imine (C=N–C) groups is 1. The molecule has 0 aromatic carbocycles. The van der Waals surface area contributed by atoms with Gasteiger partial charge in [0.25, 0.3) is 0 Å². The molecule has 2 nitrogen and oxygen atoms in total. The van der Waals surface area contributed by atoms with E-state index < -0.39 is 0 Å². The molecular weight excluding hydrogens is 119 g/mol. The Morgan fingerprint density at radius 1 is 1.56 bits per heavy atom. The molecule has 0 aliphatic rings. The first-order valence-electron chi connectivity index (χ1n) is 2.60. The van der Waals surface area contributed by atoms with Crippen molar-refractivity contribution in [2.45, 2.75) is 13.8 Å². The highest BCUT2D eigenvalue weighted by molar-refractivity contribution is 5.84. The summed E-state index contributed by atoms with van der Waals surface area (Å²) < 4.78 is 11.0. The Kier molecular flexibility index (Phi) is 4.59. The smallest absolute Gasteiger partial charge is 0.148 e. The van der Waals surface area contributed by atoms with Crippen LogP contribution in [0.25, 0.3) is 0 Å². The van der Waals surface area contributed by atoms with E-state index in [-0.39, 0.29) is 0 Å². The van der Waals surface area contributed by atoms with Gasteiger partial charge < -0.3 is 0 Å². The lowest BCUT2D eigenvalue weighted by Gasteiger charge is -1.81. The molecule has 0 heterocycles. The van der Waals surface area contributed by atoms with Crippen LogP contribution in [0.3, 0.4) is 0 Å². The second-order valence-electron chi connectivity index (χ2n) is 1.52. The van der Waals surface area contributed by atoms with Crippen LogP contribution in [-0.4, -0.2) is 12.6 Å². The van der Waals surface area contributed by atoms with Gasteiger partial charge in [0, 0.05) is 6.21 Å². The first kappa shape index (κ1) is 8.01. The van der Waals surface area contributed by atoms with E-state index in [4.69, 9.17) is 0 Å². The summed E-state index contributed by atoms with van der Waals surface area (Å²) in [5.41, 5.74) is 0.981. The molecule has 0 aromatic rings. The van der Waals surface area contributed by atoms with Crippen molar-refractivity contribution < 1.29 is 4.48 Å². The van der Waals surface area contributed by atoms with E-state index >= 15 is 0 Å². The molecule has 0 radical (unpaired) electrons. The van der Waals surface area contributed by atoms with E-state index in [0.717, 1.165) is 11.9 Å². The number of halogens is 1. The summed E-state index contributed by atoms with van der Waals surface area (Å²) in [6, 6.07) is 0. The minimum absolute atomic E-state index is 0.854. The van der Waals surface area contributed by atoms with Crippen molar-refractivity contribution in [3.05, 3.63) is 11.6 Å². The molecule has 3 heteroatoms. The van der Waals surface area contributed by atoms with E-state index in [1.165, 1.54) is 6.21 Å². The Hall–Kier alpha value is -0.990. The Morgan fingerprint density at radius 3 is 2.67 bits per heavy atom. The summed E-state index contributed by atoms with van der Waals surface area (Å²) >= 11 is 0. The topological polar surface area (TPSA) is 24.7 Å². The Labute approximate surface area is 53.8 Å². The molecule has 0 saturated carbocycles. The third-order valence-corrected chi connectivity index (χ3v) is 0.844. The van der Waals surface area contributed by atoms with Gasteiger partial charge in [-0.25, -0.2) is 4.99 Å². The SMILES string of the molecule is C/C=C(C)/C=N/C=N\F. The van der Waals surface area contributed by atoms with Gasteiger partial charge in [-0.05, 0) is 19.4 Å². The molecule has 0 rings (SSSR count). The zero-order chi connectivity index (χ0) is 7.11. The Bertz CT molecular complexity index is 147. The standard InChI is InChI=1S/C6H9FN2/c1-3-6(2)4-8-5-9-7/h3-5H,1-2H3/b6-3+,8-4+,9-5-. The molecule has 0 aromatic heterocycles. The fraction of sp³-hybridized carbons (Fsp3) is 0.333. The second kappa shape index (κ2) is 5.15. The first-order chi connectivity index (χ1) is 4.31. The third kappa shape index (κ3) is 4.87. The van der Waals surface area contributed by atoms with Gasteiger partial charge in [-0.1, -0.05) is 15.8 Å². The maximum absolute atomic E-state index is 11.0. The van der Waals surface area contributed by atoms with E-state index in [1.54, 1.807) is 0 Å². The lowest BCUT2D eigenvalue weighted by atomic mass is 10.3. The van der Waals surface area contributed by atoms with Crippen LogP contribution in [0.1, 0.15) is 13.8 Å². The molecule has 0 aliphatic carbocycles. The van der Waals surface area contributed by atoms with Gasteiger partial charge in [-0.3, -0.25) is 0 Å². The summed E-state index contributed by atoms with van der Waals surface area (Å²) in [6.45, 7) is 3.75. The number of hydrogen-bond donors (Lipinski definition) is 0. The van der Waals surface area contributed by atoms with E-state index in [0.29, 0.717) is 0 Å². The molecule has 0 saturated heterocycles. The largest absolute Gasteiger partial charge is 0.242 e. The number of hydrogen-bond acceptors (Lipinski definition) is 1. The Morgan fingerprint density at radius 2 is 2.22 bits per heavy atom. The summed E-state index contributed by atoms with van der Waals surface area (Å²) in [4.78, 5) is 3.50. The number of nitrogens with zero attached hydrogens (tertiary/aromatic N) is 2. The highest BCUT2D eigenvalue weighted by atomic mass is 19.2. The average Bonchev–Trinajstić information content (AvgIpc) is 1.89. The molecule has 0 amide bonds. The molecule has 0 spiro atoms. The molecule has 0 bridgehead atoms. The van der Waals surface area contributed by atoms with E-state index in [9.17, 15) is 4.48 Å². The van der Waals surface area contributed by atoms with Crippen molar-refractivity contribution in [1.82, 2.24) is 0 Å². The highest BCUT2D eigenvalue weighted by Gasteiger charge is 1.73. The zero-order valence-electron chi connectivity index (χ0n) is 5.50. The van der Waals surface area contributed by atoms with Gasteiger partial charge in [0.2, 0.25) is 0 Å². The highest BCUT2D eigenvalue weighted by Crippen LogP contribution is 1.83. The molecule has 0 atom stereocenters. The normalized spacial score (nSPS) is 13.9. The monoisotopic (exact) mass is 128 g/mol. The van der Waals surface area contributed by atoms with Crippen LogP contribution in [0.2, 0.25) is 0 Å². The van der Waals surface area contributed by atoms with E-state index in [1.807, 2.05) is 19.9 Å². The quantitative estimate of drug-likeness (QED) is 0.401.